The highest BCUT2D eigenvalue weighted by Crippen LogP contribution is 2.23. The van der Waals surface area contributed by atoms with Crippen molar-refractivity contribution in [1.82, 2.24) is 10.2 Å². The molecular weight excluding hydrogens is 220 g/mol. The Bertz CT molecular complexity index is 281. The van der Waals surface area contributed by atoms with E-state index >= 15 is 0 Å². The zero-order valence-corrected chi connectivity index (χ0v) is 10.6. The number of carboxylic acid groups (broad SMARTS) is 1. The first-order valence-electron chi connectivity index (χ1n) is 6.18. The van der Waals surface area contributed by atoms with Crippen LogP contribution in [0.2, 0.25) is 0 Å². The van der Waals surface area contributed by atoms with Crippen molar-refractivity contribution in [3.05, 3.63) is 0 Å². The van der Waals surface area contributed by atoms with Crippen LogP contribution in [0.15, 0.2) is 0 Å². The minimum absolute atomic E-state index is 0.0764. The molecule has 1 amide bonds. The smallest absolute Gasteiger partial charge is 0.317 e. The maximum Gasteiger partial charge on any atom is 0.317 e. The van der Waals surface area contributed by atoms with Crippen molar-refractivity contribution < 1.29 is 14.7 Å². The molecule has 98 valence electrons. The lowest BCUT2D eigenvalue weighted by Gasteiger charge is -2.30. The van der Waals surface area contributed by atoms with Gasteiger partial charge in [0.25, 0.3) is 0 Å². The lowest BCUT2D eigenvalue weighted by Crippen LogP contribution is -2.45. The number of carbonyl (C=O) groups excluding carboxylic acids is 1. The van der Waals surface area contributed by atoms with Crippen LogP contribution >= 0.6 is 0 Å². The van der Waals surface area contributed by atoms with Gasteiger partial charge < -0.3 is 10.4 Å². The van der Waals surface area contributed by atoms with Gasteiger partial charge in [-0.15, -0.1) is 0 Å². The molecule has 1 rings (SSSR count). The fourth-order valence-corrected chi connectivity index (χ4v) is 2.32. The van der Waals surface area contributed by atoms with Crippen LogP contribution in [0.1, 0.15) is 32.6 Å². The third-order valence-electron chi connectivity index (χ3n) is 3.28. The maximum atomic E-state index is 11.7. The zero-order valence-electron chi connectivity index (χ0n) is 10.6. The molecule has 0 heterocycles. The highest BCUT2D eigenvalue weighted by molar-refractivity contribution is 5.79. The van der Waals surface area contributed by atoms with E-state index in [4.69, 9.17) is 5.11 Å². The number of amides is 1. The third-order valence-corrected chi connectivity index (χ3v) is 3.28. The predicted octanol–water partition coefficient (Wildman–Crippen LogP) is 0.698. The van der Waals surface area contributed by atoms with E-state index < -0.39 is 5.97 Å². The summed E-state index contributed by atoms with van der Waals surface area (Å²) in [6.45, 7) is 2.20. The van der Waals surface area contributed by atoms with Crippen LogP contribution < -0.4 is 5.32 Å². The lowest BCUT2D eigenvalue weighted by molar-refractivity contribution is -0.138. The molecule has 0 aliphatic heterocycles. The predicted molar refractivity (Wildman–Crippen MR) is 64.7 cm³/mol. The Labute approximate surface area is 102 Å². The van der Waals surface area contributed by atoms with Crippen molar-refractivity contribution in [2.24, 2.45) is 5.92 Å². The molecule has 5 nitrogen and oxygen atoms in total. The second-order valence-corrected chi connectivity index (χ2v) is 5.00. The first kappa shape index (κ1) is 14.0. The zero-order chi connectivity index (χ0) is 12.8. The molecule has 0 aromatic carbocycles. The minimum Gasteiger partial charge on any atom is -0.480 e. The number of hydrogen-bond donors (Lipinski definition) is 2. The molecule has 1 fully saturated rings. The monoisotopic (exact) mass is 242 g/mol. The summed E-state index contributed by atoms with van der Waals surface area (Å²) >= 11 is 0. The average Bonchev–Trinajstić information content (AvgIpc) is 2.19. The average molecular weight is 242 g/mol. The molecule has 0 bridgehead atoms. The number of carbonyl (C=O) groups is 2. The molecule has 0 radical (unpaired) electrons. The summed E-state index contributed by atoms with van der Waals surface area (Å²) in [7, 11) is 1.64. The van der Waals surface area contributed by atoms with E-state index in [1.807, 2.05) is 0 Å². The first-order chi connectivity index (χ1) is 7.99. The van der Waals surface area contributed by atoms with Crippen molar-refractivity contribution in [3.63, 3.8) is 0 Å². The number of aliphatic carboxylic acids is 1. The van der Waals surface area contributed by atoms with Crippen molar-refractivity contribution in [2.45, 2.75) is 38.6 Å². The van der Waals surface area contributed by atoms with Gasteiger partial charge in [0.2, 0.25) is 5.91 Å². The summed E-state index contributed by atoms with van der Waals surface area (Å²) in [5.74, 6) is -0.462. The van der Waals surface area contributed by atoms with Gasteiger partial charge in [-0.05, 0) is 25.8 Å². The molecule has 1 aliphatic carbocycles. The second-order valence-electron chi connectivity index (χ2n) is 5.00. The number of rotatable bonds is 5. The van der Waals surface area contributed by atoms with Crippen molar-refractivity contribution in [1.29, 1.82) is 0 Å². The number of nitrogens with zero attached hydrogens (tertiary/aromatic N) is 1. The summed E-state index contributed by atoms with van der Waals surface area (Å²) < 4.78 is 0. The van der Waals surface area contributed by atoms with E-state index in [9.17, 15) is 9.59 Å². The Balaban J connectivity index is 2.30. The van der Waals surface area contributed by atoms with E-state index in [1.54, 1.807) is 7.05 Å². The van der Waals surface area contributed by atoms with E-state index in [1.165, 1.54) is 17.7 Å². The number of nitrogens with one attached hydrogen (secondary N) is 1. The van der Waals surface area contributed by atoms with Crippen LogP contribution in [0, 0.1) is 5.92 Å². The molecule has 5 heteroatoms. The van der Waals surface area contributed by atoms with Crippen LogP contribution in [0.25, 0.3) is 0 Å². The summed E-state index contributed by atoms with van der Waals surface area (Å²) in [6, 6.07) is 0.259. The fourth-order valence-electron chi connectivity index (χ4n) is 2.32. The number of carboxylic acids is 1. The molecule has 2 N–H and O–H groups in total. The van der Waals surface area contributed by atoms with Gasteiger partial charge in [-0.2, -0.15) is 0 Å². The Morgan fingerprint density at radius 2 is 1.94 bits per heavy atom. The van der Waals surface area contributed by atoms with E-state index in [-0.39, 0.29) is 25.0 Å². The third kappa shape index (κ3) is 5.17. The molecule has 0 saturated heterocycles. The van der Waals surface area contributed by atoms with Gasteiger partial charge in [-0.1, -0.05) is 19.8 Å². The topological polar surface area (TPSA) is 69.6 Å². The molecular formula is C12H22N2O3. The highest BCUT2D eigenvalue weighted by atomic mass is 16.4. The minimum atomic E-state index is -0.911. The van der Waals surface area contributed by atoms with Gasteiger partial charge in [0.05, 0.1) is 13.1 Å². The van der Waals surface area contributed by atoms with Crippen molar-refractivity contribution >= 4 is 11.9 Å². The SMILES string of the molecule is CC1CCCCC1NC(=O)CN(C)CC(=O)O. The van der Waals surface area contributed by atoms with Gasteiger partial charge in [0, 0.05) is 6.04 Å². The largest absolute Gasteiger partial charge is 0.480 e. The standard InChI is InChI=1S/C12H22N2O3/c1-9-5-3-4-6-10(9)13-11(15)7-14(2)8-12(16)17/h9-10H,3-8H2,1-2H3,(H,13,15)(H,16,17). The quantitative estimate of drug-likeness (QED) is 0.744. The molecule has 2 atom stereocenters. The molecule has 17 heavy (non-hydrogen) atoms. The Hall–Kier alpha value is -1.10. The van der Waals surface area contributed by atoms with Gasteiger partial charge in [-0.25, -0.2) is 0 Å². The lowest BCUT2D eigenvalue weighted by atomic mass is 9.86. The van der Waals surface area contributed by atoms with E-state index in [0.29, 0.717) is 5.92 Å². The molecule has 0 aromatic rings. The normalized spacial score (nSPS) is 24.6. The molecule has 0 spiro atoms. The van der Waals surface area contributed by atoms with Gasteiger partial charge in [0.1, 0.15) is 0 Å². The molecule has 0 aromatic heterocycles. The van der Waals surface area contributed by atoms with Crippen molar-refractivity contribution in [3.8, 4) is 0 Å². The first-order valence-corrected chi connectivity index (χ1v) is 6.18. The van der Waals surface area contributed by atoms with Crippen LogP contribution in [0.4, 0.5) is 0 Å². The molecule has 1 aliphatic rings. The Kier molecular flexibility index (Phi) is 5.41. The van der Waals surface area contributed by atoms with Crippen LogP contribution in [0.5, 0.6) is 0 Å². The van der Waals surface area contributed by atoms with E-state index in [2.05, 4.69) is 12.2 Å². The highest BCUT2D eigenvalue weighted by Gasteiger charge is 2.23. The van der Waals surface area contributed by atoms with Crippen LogP contribution in [0.3, 0.4) is 0 Å². The number of likely N-dealkylation sites (N-methyl/N-ethyl adjacent to an activating group) is 1. The summed E-state index contributed by atoms with van der Waals surface area (Å²) in [4.78, 5) is 23.7. The summed E-state index contributed by atoms with van der Waals surface area (Å²) in [5, 5.41) is 11.6. The van der Waals surface area contributed by atoms with Gasteiger partial charge in [0.15, 0.2) is 0 Å². The Morgan fingerprint density at radius 1 is 1.29 bits per heavy atom. The van der Waals surface area contributed by atoms with Crippen molar-refractivity contribution in [2.75, 3.05) is 20.1 Å². The molecule has 1 saturated carbocycles. The maximum absolute atomic E-state index is 11.7. The fraction of sp³-hybridized carbons (Fsp3) is 0.833. The van der Waals surface area contributed by atoms with E-state index in [0.717, 1.165) is 12.8 Å². The molecule has 2 unspecified atom stereocenters. The van der Waals surface area contributed by atoms with Gasteiger partial charge in [-0.3, -0.25) is 14.5 Å². The summed E-state index contributed by atoms with van der Waals surface area (Å²) in [5.41, 5.74) is 0. The number of hydrogen-bond acceptors (Lipinski definition) is 3. The van der Waals surface area contributed by atoms with Crippen LogP contribution in [-0.2, 0) is 9.59 Å². The Morgan fingerprint density at radius 3 is 2.53 bits per heavy atom. The van der Waals surface area contributed by atoms with Crippen LogP contribution in [-0.4, -0.2) is 48.1 Å². The second kappa shape index (κ2) is 6.59. The summed E-state index contributed by atoms with van der Waals surface area (Å²) in [6.07, 6.45) is 4.61. The van der Waals surface area contributed by atoms with Gasteiger partial charge >= 0.3 is 5.97 Å².